The summed E-state index contributed by atoms with van der Waals surface area (Å²) in [7, 11) is -3.05. The third-order valence-electron chi connectivity index (χ3n) is 4.21. The molecule has 1 heterocycles. The lowest BCUT2D eigenvalue weighted by Gasteiger charge is -2.31. The summed E-state index contributed by atoms with van der Waals surface area (Å²) in [6.45, 7) is 6.43. The van der Waals surface area contributed by atoms with Crippen molar-refractivity contribution in [3.8, 4) is 0 Å². The lowest BCUT2D eigenvalue weighted by atomic mass is 9.98. The second-order valence-electron chi connectivity index (χ2n) is 6.17. The Labute approximate surface area is 128 Å². The highest BCUT2D eigenvalue weighted by Gasteiger charge is 2.25. The highest BCUT2D eigenvalue weighted by molar-refractivity contribution is 7.88. The van der Waals surface area contributed by atoms with E-state index in [1.807, 2.05) is 0 Å². The molecule has 1 aliphatic rings. The van der Waals surface area contributed by atoms with E-state index in [4.69, 9.17) is 0 Å². The van der Waals surface area contributed by atoms with Crippen LogP contribution in [-0.2, 0) is 10.0 Å². The summed E-state index contributed by atoms with van der Waals surface area (Å²) in [4.78, 5) is 0. The number of hydrogen-bond donors (Lipinski definition) is 1. The fraction of sp³-hybridized carbons (Fsp3) is 0.625. The first-order valence-electron chi connectivity index (χ1n) is 7.61. The van der Waals surface area contributed by atoms with E-state index < -0.39 is 10.0 Å². The van der Waals surface area contributed by atoms with Crippen LogP contribution in [0.5, 0.6) is 0 Å². The molecule has 1 fully saturated rings. The van der Waals surface area contributed by atoms with Gasteiger partial charge in [-0.2, -0.15) is 0 Å². The van der Waals surface area contributed by atoms with E-state index in [1.165, 1.54) is 17.4 Å². The largest absolute Gasteiger partial charge is 0.310 e. The van der Waals surface area contributed by atoms with Crippen LogP contribution in [0.4, 0.5) is 0 Å². The Bertz CT molecular complexity index is 571. The molecule has 0 amide bonds. The van der Waals surface area contributed by atoms with Gasteiger partial charge in [0.05, 0.1) is 6.26 Å². The molecule has 5 heteroatoms. The first-order valence-corrected chi connectivity index (χ1v) is 9.46. The molecule has 0 spiro atoms. The molecule has 0 radical (unpaired) electrons. The molecule has 1 N–H and O–H groups in total. The Kier molecular flexibility index (Phi) is 5.41. The van der Waals surface area contributed by atoms with Crippen LogP contribution < -0.4 is 5.32 Å². The molecule has 0 saturated carbocycles. The molecule has 0 bridgehead atoms. The zero-order chi connectivity index (χ0) is 15.5. The third-order valence-corrected chi connectivity index (χ3v) is 5.48. The van der Waals surface area contributed by atoms with Gasteiger partial charge in [-0.3, -0.25) is 0 Å². The number of piperidine rings is 1. The maximum absolute atomic E-state index is 11.6. The lowest BCUT2D eigenvalue weighted by molar-refractivity contribution is 0.257. The van der Waals surface area contributed by atoms with E-state index >= 15 is 0 Å². The SMILES string of the molecule is Cc1cccc([C@@H](C)NCC2CCCN(S(C)(=O)=O)C2)c1. The van der Waals surface area contributed by atoms with Gasteiger partial charge in [0.25, 0.3) is 0 Å². The van der Waals surface area contributed by atoms with E-state index in [0.29, 0.717) is 25.0 Å². The van der Waals surface area contributed by atoms with E-state index in [0.717, 1.165) is 19.4 Å². The molecule has 1 aliphatic heterocycles. The van der Waals surface area contributed by atoms with Crippen molar-refractivity contribution in [1.82, 2.24) is 9.62 Å². The minimum atomic E-state index is -3.05. The molecule has 2 atom stereocenters. The van der Waals surface area contributed by atoms with Gasteiger partial charge in [-0.25, -0.2) is 12.7 Å². The fourth-order valence-corrected chi connectivity index (χ4v) is 3.84. The quantitative estimate of drug-likeness (QED) is 0.908. The Morgan fingerprint density at radius 3 is 2.86 bits per heavy atom. The maximum atomic E-state index is 11.6. The predicted octanol–water partition coefficient (Wildman–Crippen LogP) is 2.32. The van der Waals surface area contributed by atoms with E-state index in [1.54, 1.807) is 4.31 Å². The number of rotatable bonds is 5. The van der Waals surface area contributed by atoms with Crippen LogP contribution in [0, 0.1) is 12.8 Å². The van der Waals surface area contributed by atoms with Gasteiger partial charge in [-0.15, -0.1) is 0 Å². The van der Waals surface area contributed by atoms with E-state index in [-0.39, 0.29) is 0 Å². The van der Waals surface area contributed by atoms with Gasteiger partial charge in [0, 0.05) is 19.1 Å². The van der Waals surface area contributed by atoms with Crippen LogP contribution in [0.2, 0.25) is 0 Å². The van der Waals surface area contributed by atoms with Crippen molar-refractivity contribution >= 4 is 10.0 Å². The monoisotopic (exact) mass is 310 g/mol. The van der Waals surface area contributed by atoms with E-state index in [9.17, 15) is 8.42 Å². The van der Waals surface area contributed by atoms with Gasteiger partial charge in [0.15, 0.2) is 0 Å². The van der Waals surface area contributed by atoms with Gasteiger partial charge in [0.2, 0.25) is 10.0 Å². The van der Waals surface area contributed by atoms with Gasteiger partial charge < -0.3 is 5.32 Å². The van der Waals surface area contributed by atoms with Gasteiger partial charge in [-0.05, 0) is 44.7 Å². The maximum Gasteiger partial charge on any atom is 0.211 e. The zero-order valence-corrected chi connectivity index (χ0v) is 14.0. The molecule has 4 nitrogen and oxygen atoms in total. The standard InChI is InChI=1S/C16H26N2O2S/c1-13-6-4-8-16(10-13)14(2)17-11-15-7-5-9-18(12-15)21(3,19)20/h4,6,8,10,14-15,17H,5,7,9,11-12H2,1-3H3/t14-,15?/m1/s1. The molecular weight excluding hydrogens is 284 g/mol. The molecule has 2 rings (SSSR count). The first-order chi connectivity index (χ1) is 9.86. The molecule has 118 valence electrons. The summed E-state index contributed by atoms with van der Waals surface area (Å²) < 4.78 is 24.9. The van der Waals surface area contributed by atoms with Gasteiger partial charge >= 0.3 is 0 Å². The Morgan fingerprint density at radius 2 is 2.19 bits per heavy atom. The molecule has 1 aromatic rings. The van der Waals surface area contributed by atoms with Crippen LogP contribution in [0.25, 0.3) is 0 Å². The second-order valence-corrected chi connectivity index (χ2v) is 8.16. The normalized spacial score (nSPS) is 22.1. The number of nitrogens with zero attached hydrogens (tertiary/aromatic N) is 1. The van der Waals surface area contributed by atoms with Gasteiger partial charge in [0.1, 0.15) is 0 Å². The van der Waals surface area contributed by atoms with Crippen molar-refractivity contribution in [2.24, 2.45) is 5.92 Å². The second kappa shape index (κ2) is 6.90. The number of nitrogens with one attached hydrogen (secondary N) is 1. The average Bonchev–Trinajstić information content (AvgIpc) is 2.44. The van der Waals surface area contributed by atoms with Crippen LogP contribution in [0.1, 0.15) is 36.9 Å². The minimum Gasteiger partial charge on any atom is -0.310 e. The summed E-state index contributed by atoms with van der Waals surface area (Å²) in [5.41, 5.74) is 2.55. The van der Waals surface area contributed by atoms with Crippen LogP contribution >= 0.6 is 0 Å². The summed E-state index contributed by atoms with van der Waals surface area (Å²) in [5, 5.41) is 3.55. The van der Waals surface area contributed by atoms with Gasteiger partial charge in [-0.1, -0.05) is 29.8 Å². The zero-order valence-electron chi connectivity index (χ0n) is 13.2. The Hall–Kier alpha value is -0.910. The summed E-state index contributed by atoms with van der Waals surface area (Å²) >= 11 is 0. The van der Waals surface area contributed by atoms with Crippen molar-refractivity contribution in [1.29, 1.82) is 0 Å². The minimum absolute atomic E-state index is 0.290. The topological polar surface area (TPSA) is 49.4 Å². The van der Waals surface area contributed by atoms with E-state index in [2.05, 4.69) is 43.4 Å². The highest BCUT2D eigenvalue weighted by Crippen LogP contribution is 2.20. The first kappa shape index (κ1) is 16.5. The third kappa shape index (κ3) is 4.80. The lowest BCUT2D eigenvalue weighted by Crippen LogP contribution is -2.42. The van der Waals surface area contributed by atoms with Crippen molar-refractivity contribution < 1.29 is 8.42 Å². The molecular formula is C16H26N2O2S. The number of aryl methyl sites for hydroxylation is 1. The van der Waals surface area contributed by atoms with Crippen molar-refractivity contribution in [2.45, 2.75) is 32.7 Å². The number of benzene rings is 1. The number of sulfonamides is 1. The Morgan fingerprint density at radius 1 is 1.43 bits per heavy atom. The predicted molar refractivity (Wildman–Crippen MR) is 86.7 cm³/mol. The molecule has 0 aromatic heterocycles. The molecule has 1 aromatic carbocycles. The molecule has 0 aliphatic carbocycles. The van der Waals surface area contributed by atoms with Crippen molar-refractivity contribution in [2.75, 3.05) is 25.9 Å². The molecule has 1 saturated heterocycles. The van der Waals surface area contributed by atoms with Crippen molar-refractivity contribution in [3.63, 3.8) is 0 Å². The van der Waals surface area contributed by atoms with Crippen LogP contribution in [-0.4, -0.2) is 38.6 Å². The van der Waals surface area contributed by atoms with Crippen LogP contribution in [0.3, 0.4) is 0 Å². The Balaban J connectivity index is 1.88. The summed E-state index contributed by atoms with van der Waals surface area (Å²) in [6, 6.07) is 8.80. The smallest absolute Gasteiger partial charge is 0.211 e. The molecule has 21 heavy (non-hydrogen) atoms. The summed E-state index contributed by atoms with van der Waals surface area (Å²) in [5.74, 6) is 0.403. The fourth-order valence-electron chi connectivity index (χ4n) is 2.90. The summed E-state index contributed by atoms with van der Waals surface area (Å²) in [6.07, 6.45) is 3.36. The number of hydrogen-bond acceptors (Lipinski definition) is 3. The van der Waals surface area contributed by atoms with Crippen LogP contribution in [0.15, 0.2) is 24.3 Å². The highest BCUT2D eigenvalue weighted by atomic mass is 32.2. The molecule has 1 unspecified atom stereocenters. The average molecular weight is 310 g/mol. The van der Waals surface area contributed by atoms with Crippen molar-refractivity contribution in [3.05, 3.63) is 35.4 Å².